The minimum absolute atomic E-state index is 0.0502. The molecule has 1 heterocycles. The molecule has 0 radical (unpaired) electrons. The highest BCUT2D eigenvalue weighted by Gasteiger charge is 2.12. The van der Waals surface area contributed by atoms with E-state index in [1.54, 1.807) is 6.08 Å². The average molecular weight is 242 g/mol. The van der Waals surface area contributed by atoms with Crippen LogP contribution in [-0.4, -0.2) is 19.9 Å². The average Bonchev–Trinajstić information content (AvgIpc) is 2.17. The number of H-pyrrole nitrogens is 1. The predicted molar refractivity (Wildman–Crippen MR) is 61.7 cm³/mol. The molecule has 0 fully saturated rings. The summed E-state index contributed by atoms with van der Waals surface area (Å²) in [4.78, 5) is 13.1. The molecule has 1 rings (SSSR count). The summed E-state index contributed by atoms with van der Waals surface area (Å²) in [5, 5.41) is 0. The third-order valence-electron chi connectivity index (χ3n) is 1.85. The number of hydrogen-bond acceptors (Lipinski definition) is 3. The second kappa shape index (κ2) is 5.09. The number of rotatable bonds is 4. The van der Waals surface area contributed by atoms with Crippen LogP contribution in [0.5, 0.6) is 0 Å². The van der Waals surface area contributed by atoms with Crippen LogP contribution in [-0.2, 0) is 10.0 Å². The molecule has 0 unspecified atom stereocenters. The molecule has 0 aromatic carbocycles. The van der Waals surface area contributed by atoms with Gasteiger partial charge in [-0.15, -0.1) is 0 Å². The van der Waals surface area contributed by atoms with Crippen molar-refractivity contribution in [2.45, 2.75) is 18.7 Å². The Hall–Kier alpha value is -1.40. The fourth-order valence-electron chi connectivity index (χ4n) is 1.00. The minimum Gasteiger partial charge on any atom is -0.328 e. The Balaban J connectivity index is 2.82. The summed E-state index contributed by atoms with van der Waals surface area (Å²) in [5.74, 6) is 0. The van der Waals surface area contributed by atoms with Gasteiger partial charge in [-0.25, -0.2) is 13.1 Å². The van der Waals surface area contributed by atoms with Gasteiger partial charge in [-0.2, -0.15) is 0 Å². The highest BCUT2D eigenvalue weighted by Crippen LogP contribution is 2.03. The van der Waals surface area contributed by atoms with Crippen molar-refractivity contribution < 1.29 is 8.42 Å². The normalized spacial score (nSPS) is 11.1. The summed E-state index contributed by atoms with van der Waals surface area (Å²) in [5.41, 5.74) is 0.701. The van der Waals surface area contributed by atoms with E-state index in [9.17, 15) is 13.2 Å². The number of aromatic nitrogens is 1. The molecule has 1 aromatic heterocycles. The molecule has 2 N–H and O–H groups in total. The largest absolute Gasteiger partial charge is 0.328 e. The lowest BCUT2D eigenvalue weighted by Crippen LogP contribution is -2.24. The maximum atomic E-state index is 11.7. The van der Waals surface area contributed by atoms with E-state index < -0.39 is 10.0 Å². The van der Waals surface area contributed by atoms with Gasteiger partial charge in [0.2, 0.25) is 15.6 Å². The maximum Gasteiger partial charge on any atom is 0.247 e. The lowest BCUT2D eigenvalue weighted by molar-refractivity contribution is 0.585. The molecule has 0 aliphatic heterocycles. The number of nitrogens with one attached hydrogen (secondary N) is 2. The van der Waals surface area contributed by atoms with Crippen molar-refractivity contribution in [3.05, 3.63) is 40.3 Å². The Morgan fingerprint density at radius 3 is 2.62 bits per heavy atom. The molecular weight excluding hydrogens is 228 g/mol. The smallest absolute Gasteiger partial charge is 0.247 e. The standard InChI is InChI=1S/C10H14N2O3S/c1-8(2)5-6-12-16(14,15)9-3-4-10(13)11-7-9/h3-5,7,12H,6H2,1-2H3,(H,11,13). The highest BCUT2D eigenvalue weighted by atomic mass is 32.2. The van der Waals surface area contributed by atoms with E-state index in [1.165, 1.54) is 18.3 Å². The molecule has 88 valence electrons. The lowest BCUT2D eigenvalue weighted by atomic mass is 10.3. The highest BCUT2D eigenvalue weighted by molar-refractivity contribution is 7.89. The van der Waals surface area contributed by atoms with Crippen LogP contribution in [0, 0.1) is 0 Å². The summed E-state index contributed by atoms with van der Waals surface area (Å²) >= 11 is 0. The van der Waals surface area contributed by atoms with Crippen molar-refractivity contribution in [3.63, 3.8) is 0 Å². The first-order chi connectivity index (χ1) is 7.42. The van der Waals surface area contributed by atoms with Gasteiger partial charge in [0, 0.05) is 18.8 Å². The molecule has 6 heteroatoms. The van der Waals surface area contributed by atoms with E-state index in [0.717, 1.165) is 5.57 Å². The van der Waals surface area contributed by atoms with E-state index in [-0.39, 0.29) is 17.0 Å². The zero-order chi connectivity index (χ0) is 12.2. The first-order valence-corrected chi connectivity index (χ1v) is 6.22. The Morgan fingerprint density at radius 2 is 2.12 bits per heavy atom. The minimum atomic E-state index is -3.54. The van der Waals surface area contributed by atoms with E-state index in [2.05, 4.69) is 9.71 Å². The molecule has 1 aromatic rings. The predicted octanol–water partition coefficient (Wildman–Crippen LogP) is 0.619. The third-order valence-corrected chi connectivity index (χ3v) is 3.27. The molecular formula is C10H14N2O3S. The molecule has 0 saturated carbocycles. The van der Waals surface area contributed by atoms with E-state index in [1.807, 2.05) is 13.8 Å². The SMILES string of the molecule is CC(C)=CCNS(=O)(=O)c1ccc(=O)[nH]c1. The van der Waals surface area contributed by atoms with Crippen molar-refractivity contribution in [1.82, 2.24) is 9.71 Å². The van der Waals surface area contributed by atoms with Gasteiger partial charge in [-0.05, 0) is 19.9 Å². The van der Waals surface area contributed by atoms with Crippen molar-refractivity contribution >= 4 is 10.0 Å². The van der Waals surface area contributed by atoms with Crippen molar-refractivity contribution in [1.29, 1.82) is 0 Å². The van der Waals surface area contributed by atoms with Crippen molar-refractivity contribution in [3.8, 4) is 0 Å². The monoisotopic (exact) mass is 242 g/mol. The number of hydrogen-bond donors (Lipinski definition) is 2. The molecule has 0 spiro atoms. The molecule has 0 aliphatic rings. The number of aromatic amines is 1. The summed E-state index contributed by atoms with van der Waals surface area (Å²) in [7, 11) is -3.54. The molecule has 0 saturated heterocycles. The van der Waals surface area contributed by atoms with Gasteiger partial charge in [-0.1, -0.05) is 11.6 Å². The van der Waals surface area contributed by atoms with Gasteiger partial charge in [0.1, 0.15) is 0 Å². The van der Waals surface area contributed by atoms with Crippen LogP contribution in [0.3, 0.4) is 0 Å². The lowest BCUT2D eigenvalue weighted by Gasteiger charge is -2.03. The van der Waals surface area contributed by atoms with E-state index in [0.29, 0.717) is 0 Å². The molecule has 0 bridgehead atoms. The Labute approximate surface area is 94.3 Å². The van der Waals surface area contributed by atoms with Crippen LogP contribution in [0.15, 0.2) is 39.7 Å². The van der Waals surface area contributed by atoms with Gasteiger partial charge in [0.15, 0.2) is 0 Å². The van der Waals surface area contributed by atoms with Gasteiger partial charge < -0.3 is 4.98 Å². The first-order valence-electron chi connectivity index (χ1n) is 4.73. The first kappa shape index (κ1) is 12.7. The van der Waals surface area contributed by atoms with Gasteiger partial charge in [0.05, 0.1) is 4.90 Å². The molecule has 16 heavy (non-hydrogen) atoms. The molecule has 0 amide bonds. The van der Waals surface area contributed by atoms with E-state index >= 15 is 0 Å². The number of sulfonamides is 1. The van der Waals surface area contributed by atoms with Crippen molar-refractivity contribution in [2.75, 3.05) is 6.54 Å². The second-order valence-electron chi connectivity index (χ2n) is 3.52. The maximum absolute atomic E-state index is 11.7. The zero-order valence-electron chi connectivity index (χ0n) is 9.15. The number of pyridine rings is 1. The van der Waals surface area contributed by atoms with Crippen molar-refractivity contribution in [2.24, 2.45) is 0 Å². The number of allylic oxidation sites excluding steroid dienone is 1. The topological polar surface area (TPSA) is 79.0 Å². The van der Waals surface area contributed by atoms with Crippen LogP contribution >= 0.6 is 0 Å². The van der Waals surface area contributed by atoms with Crippen LogP contribution in [0.2, 0.25) is 0 Å². The van der Waals surface area contributed by atoms with Gasteiger partial charge in [-0.3, -0.25) is 4.79 Å². The third kappa shape index (κ3) is 3.63. The molecule has 0 atom stereocenters. The van der Waals surface area contributed by atoms with Gasteiger partial charge in [0.25, 0.3) is 0 Å². The summed E-state index contributed by atoms with van der Waals surface area (Å²) in [6, 6.07) is 2.44. The summed E-state index contributed by atoms with van der Waals surface area (Å²) in [6.07, 6.45) is 2.94. The Morgan fingerprint density at radius 1 is 1.44 bits per heavy atom. The van der Waals surface area contributed by atoms with Gasteiger partial charge >= 0.3 is 0 Å². The fourth-order valence-corrected chi connectivity index (χ4v) is 1.93. The Kier molecular flexibility index (Phi) is 4.03. The van der Waals surface area contributed by atoms with E-state index in [4.69, 9.17) is 0 Å². The second-order valence-corrected chi connectivity index (χ2v) is 5.29. The summed E-state index contributed by atoms with van der Waals surface area (Å²) in [6.45, 7) is 4.01. The zero-order valence-corrected chi connectivity index (χ0v) is 9.97. The van der Waals surface area contributed by atoms with Crippen LogP contribution in [0.1, 0.15) is 13.8 Å². The van der Waals surface area contributed by atoms with Crippen LogP contribution < -0.4 is 10.3 Å². The van der Waals surface area contributed by atoms with Crippen LogP contribution in [0.4, 0.5) is 0 Å². The fraction of sp³-hybridized carbons (Fsp3) is 0.300. The molecule has 0 aliphatic carbocycles. The Bertz CT molecular complexity index is 519. The summed E-state index contributed by atoms with van der Waals surface area (Å²) < 4.78 is 25.7. The molecule has 5 nitrogen and oxygen atoms in total. The van der Waals surface area contributed by atoms with Crippen LogP contribution in [0.25, 0.3) is 0 Å². The quantitative estimate of drug-likeness (QED) is 0.760.